The van der Waals surface area contributed by atoms with Gasteiger partial charge in [-0.1, -0.05) is 44.4 Å². The van der Waals surface area contributed by atoms with E-state index in [1.165, 1.54) is 68.2 Å². The van der Waals surface area contributed by atoms with Gasteiger partial charge in [-0.25, -0.2) is 0 Å². The minimum atomic E-state index is 0.785. The standard InChI is InChI=1S/C19H27NS/c1-2-3-4-7-12-20-13-10-16(11-14-20)18-15-21-19-9-6-5-8-17(18)19/h5-6,8-9,15-16H,2-4,7,10-14H2,1H3. The van der Waals surface area contributed by atoms with Crippen molar-refractivity contribution in [2.75, 3.05) is 19.6 Å². The van der Waals surface area contributed by atoms with Crippen molar-refractivity contribution in [1.82, 2.24) is 4.90 Å². The van der Waals surface area contributed by atoms with Gasteiger partial charge in [0.1, 0.15) is 0 Å². The van der Waals surface area contributed by atoms with Crippen LogP contribution in [0.4, 0.5) is 0 Å². The zero-order valence-electron chi connectivity index (χ0n) is 13.2. The van der Waals surface area contributed by atoms with Crippen molar-refractivity contribution in [2.24, 2.45) is 0 Å². The summed E-state index contributed by atoms with van der Waals surface area (Å²) in [5, 5.41) is 3.91. The van der Waals surface area contributed by atoms with Gasteiger partial charge < -0.3 is 4.90 Å². The first kappa shape index (κ1) is 15.1. The van der Waals surface area contributed by atoms with Crippen LogP contribution in [0.15, 0.2) is 29.6 Å². The minimum Gasteiger partial charge on any atom is -0.303 e. The molecule has 0 aliphatic carbocycles. The van der Waals surface area contributed by atoms with Gasteiger partial charge in [0.2, 0.25) is 0 Å². The zero-order valence-corrected chi connectivity index (χ0v) is 14.0. The Balaban J connectivity index is 1.54. The third kappa shape index (κ3) is 3.67. The number of fused-ring (bicyclic) bond motifs is 1. The van der Waals surface area contributed by atoms with Gasteiger partial charge in [0.15, 0.2) is 0 Å². The summed E-state index contributed by atoms with van der Waals surface area (Å²) in [6.07, 6.45) is 8.22. The average molecular weight is 301 g/mol. The molecular weight excluding hydrogens is 274 g/mol. The summed E-state index contributed by atoms with van der Waals surface area (Å²) >= 11 is 1.91. The summed E-state index contributed by atoms with van der Waals surface area (Å²) in [5.74, 6) is 0.785. The molecule has 1 aromatic heterocycles. The molecular formula is C19H27NS. The minimum absolute atomic E-state index is 0.785. The maximum atomic E-state index is 2.68. The molecule has 3 rings (SSSR count). The molecule has 1 saturated heterocycles. The van der Waals surface area contributed by atoms with Crippen LogP contribution < -0.4 is 0 Å². The van der Waals surface area contributed by atoms with Gasteiger partial charge in [-0.05, 0) is 67.2 Å². The molecule has 0 amide bonds. The summed E-state index contributed by atoms with van der Waals surface area (Å²) in [5.41, 5.74) is 1.61. The quantitative estimate of drug-likeness (QED) is 0.622. The second kappa shape index (κ2) is 7.42. The normalized spacial score (nSPS) is 17.6. The summed E-state index contributed by atoms with van der Waals surface area (Å²) < 4.78 is 1.45. The summed E-state index contributed by atoms with van der Waals surface area (Å²) in [6, 6.07) is 8.90. The number of unbranched alkanes of at least 4 members (excludes halogenated alkanes) is 3. The molecule has 2 aromatic rings. The molecule has 0 bridgehead atoms. The van der Waals surface area contributed by atoms with E-state index >= 15 is 0 Å². The van der Waals surface area contributed by atoms with Crippen LogP contribution in [-0.4, -0.2) is 24.5 Å². The van der Waals surface area contributed by atoms with Gasteiger partial charge >= 0.3 is 0 Å². The fraction of sp³-hybridized carbons (Fsp3) is 0.579. The topological polar surface area (TPSA) is 3.24 Å². The molecule has 1 nitrogen and oxygen atoms in total. The molecule has 0 unspecified atom stereocenters. The van der Waals surface area contributed by atoms with E-state index in [1.54, 1.807) is 5.56 Å². The Kier molecular flexibility index (Phi) is 5.32. The van der Waals surface area contributed by atoms with E-state index in [0.717, 1.165) is 5.92 Å². The molecule has 2 heteroatoms. The fourth-order valence-electron chi connectivity index (χ4n) is 3.54. The van der Waals surface area contributed by atoms with Crippen LogP contribution in [0.2, 0.25) is 0 Å². The smallest absolute Gasteiger partial charge is 0.0345 e. The summed E-state index contributed by atoms with van der Waals surface area (Å²) in [4.78, 5) is 2.68. The van der Waals surface area contributed by atoms with Crippen molar-refractivity contribution in [3.8, 4) is 0 Å². The Morgan fingerprint density at radius 1 is 1.10 bits per heavy atom. The molecule has 1 aromatic carbocycles. The Hall–Kier alpha value is -0.860. The van der Waals surface area contributed by atoms with E-state index in [1.807, 2.05) is 11.3 Å². The lowest BCUT2D eigenvalue weighted by Gasteiger charge is -2.32. The Morgan fingerprint density at radius 3 is 2.71 bits per heavy atom. The third-order valence-corrected chi connectivity index (χ3v) is 5.85. The lowest BCUT2D eigenvalue weighted by atomic mass is 9.89. The van der Waals surface area contributed by atoms with Crippen molar-refractivity contribution < 1.29 is 0 Å². The van der Waals surface area contributed by atoms with Gasteiger partial charge in [0.05, 0.1) is 0 Å². The van der Waals surface area contributed by atoms with Crippen LogP contribution in [0.1, 0.15) is 56.9 Å². The summed E-state index contributed by atoms with van der Waals surface area (Å²) in [7, 11) is 0. The molecule has 2 heterocycles. The van der Waals surface area contributed by atoms with Crippen molar-refractivity contribution in [1.29, 1.82) is 0 Å². The first-order valence-corrected chi connectivity index (χ1v) is 9.45. The highest BCUT2D eigenvalue weighted by Crippen LogP contribution is 2.36. The van der Waals surface area contributed by atoms with Crippen LogP contribution >= 0.6 is 11.3 Å². The molecule has 0 atom stereocenters. The molecule has 1 fully saturated rings. The van der Waals surface area contributed by atoms with Crippen molar-refractivity contribution in [2.45, 2.75) is 51.4 Å². The second-order valence-corrected chi connectivity index (χ2v) is 7.28. The number of benzene rings is 1. The maximum absolute atomic E-state index is 2.68. The van der Waals surface area contributed by atoms with Crippen molar-refractivity contribution >= 4 is 21.4 Å². The Morgan fingerprint density at radius 2 is 1.90 bits per heavy atom. The van der Waals surface area contributed by atoms with Gasteiger partial charge in [-0.2, -0.15) is 0 Å². The molecule has 1 aliphatic rings. The SMILES string of the molecule is CCCCCCN1CCC(c2csc3ccccc23)CC1. The molecule has 0 N–H and O–H groups in total. The van der Waals surface area contributed by atoms with Crippen LogP contribution in [-0.2, 0) is 0 Å². The number of likely N-dealkylation sites (tertiary alicyclic amines) is 1. The fourth-order valence-corrected chi connectivity index (χ4v) is 4.59. The molecule has 21 heavy (non-hydrogen) atoms. The average Bonchev–Trinajstić information content (AvgIpc) is 2.96. The van der Waals surface area contributed by atoms with Gasteiger partial charge in [-0.3, -0.25) is 0 Å². The van der Waals surface area contributed by atoms with Crippen LogP contribution in [0.5, 0.6) is 0 Å². The summed E-state index contributed by atoms with van der Waals surface area (Å²) in [6.45, 7) is 6.19. The third-order valence-electron chi connectivity index (χ3n) is 4.87. The van der Waals surface area contributed by atoms with Crippen molar-refractivity contribution in [3.63, 3.8) is 0 Å². The molecule has 114 valence electrons. The number of rotatable bonds is 6. The van der Waals surface area contributed by atoms with E-state index in [9.17, 15) is 0 Å². The molecule has 1 aliphatic heterocycles. The maximum Gasteiger partial charge on any atom is 0.0345 e. The lowest BCUT2D eigenvalue weighted by Crippen LogP contribution is -2.33. The first-order chi connectivity index (χ1) is 10.4. The highest BCUT2D eigenvalue weighted by atomic mass is 32.1. The molecule has 0 radical (unpaired) electrons. The van der Waals surface area contributed by atoms with Crippen LogP contribution in [0, 0.1) is 0 Å². The Bertz CT molecular complexity index is 551. The van der Waals surface area contributed by atoms with E-state index < -0.39 is 0 Å². The number of hydrogen-bond donors (Lipinski definition) is 0. The number of piperidine rings is 1. The van der Waals surface area contributed by atoms with Gasteiger partial charge in [-0.15, -0.1) is 11.3 Å². The largest absolute Gasteiger partial charge is 0.303 e. The molecule has 0 saturated carbocycles. The van der Waals surface area contributed by atoms with E-state index in [-0.39, 0.29) is 0 Å². The number of nitrogens with zero attached hydrogens (tertiary/aromatic N) is 1. The predicted molar refractivity (Wildman–Crippen MR) is 94.4 cm³/mol. The Labute approximate surface area is 133 Å². The van der Waals surface area contributed by atoms with Gasteiger partial charge in [0.25, 0.3) is 0 Å². The lowest BCUT2D eigenvalue weighted by molar-refractivity contribution is 0.209. The number of hydrogen-bond acceptors (Lipinski definition) is 2. The zero-order chi connectivity index (χ0) is 14.5. The molecule has 0 spiro atoms. The van der Waals surface area contributed by atoms with E-state index in [2.05, 4.69) is 41.5 Å². The van der Waals surface area contributed by atoms with Gasteiger partial charge in [0, 0.05) is 4.70 Å². The second-order valence-electron chi connectivity index (χ2n) is 6.36. The van der Waals surface area contributed by atoms with Crippen LogP contribution in [0.3, 0.4) is 0 Å². The monoisotopic (exact) mass is 301 g/mol. The number of thiophene rings is 1. The van der Waals surface area contributed by atoms with E-state index in [0.29, 0.717) is 0 Å². The van der Waals surface area contributed by atoms with Crippen molar-refractivity contribution in [3.05, 3.63) is 35.2 Å². The highest BCUT2D eigenvalue weighted by Gasteiger charge is 2.22. The van der Waals surface area contributed by atoms with Crippen LogP contribution in [0.25, 0.3) is 10.1 Å². The van der Waals surface area contributed by atoms with E-state index in [4.69, 9.17) is 0 Å². The first-order valence-electron chi connectivity index (χ1n) is 8.57. The predicted octanol–water partition coefficient (Wildman–Crippen LogP) is 5.66. The highest BCUT2D eigenvalue weighted by molar-refractivity contribution is 7.17.